The molecule has 1 unspecified atom stereocenters. The lowest BCUT2D eigenvalue weighted by atomic mass is 9.96. The Balaban J connectivity index is 1.50. The lowest BCUT2D eigenvalue weighted by Gasteiger charge is -2.49. The van der Waals surface area contributed by atoms with Gasteiger partial charge in [-0.1, -0.05) is 19.9 Å². The molecule has 1 aromatic carbocycles. The summed E-state index contributed by atoms with van der Waals surface area (Å²) in [6, 6.07) is 11.0. The molecular formula is C28H34N8O. The highest BCUT2D eigenvalue weighted by Crippen LogP contribution is 2.34. The quantitative estimate of drug-likeness (QED) is 0.397. The fourth-order valence-electron chi connectivity index (χ4n) is 5.64. The molecule has 0 saturated carbocycles. The van der Waals surface area contributed by atoms with Crippen LogP contribution in [0.2, 0.25) is 0 Å². The predicted molar refractivity (Wildman–Crippen MR) is 145 cm³/mol. The van der Waals surface area contributed by atoms with Crippen LogP contribution in [-0.2, 0) is 13.6 Å². The molecule has 1 saturated heterocycles. The Labute approximate surface area is 217 Å². The van der Waals surface area contributed by atoms with E-state index in [2.05, 4.69) is 59.8 Å². The fraction of sp³-hybridized carbons (Fsp3) is 0.464. The van der Waals surface area contributed by atoms with E-state index in [9.17, 15) is 10.1 Å². The molecule has 4 aromatic rings. The number of nitrogens with zero attached hydrogens (tertiary/aromatic N) is 8. The number of aryl methyl sites for hydroxylation is 2. The molecule has 5 rings (SSSR count). The second kappa shape index (κ2) is 9.94. The zero-order valence-corrected chi connectivity index (χ0v) is 22.2. The van der Waals surface area contributed by atoms with Crippen LogP contribution in [0.25, 0.3) is 22.1 Å². The lowest BCUT2D eigenvalue weighted by Crippen LogP contribution is -2.58. The van der Waals surface area contributed by atoms with Crippen LogP contribution in [0.3, 0.4) is 0 Å². The average Bonchev–Trinajstić information content (AvgIpc) is 3.33. The second-order valence-corrected chi connectivity index (χ2v) is 10.1. The number of aromatic nitrogens is 5. The van der Waals surface area contributed by atoms with Gasteiger partial charge < -0.3 is 9.47 Å². The van der Waals surface area contributed by atoms with E-state index in [1.165, 1.54) is 5.56 Å². The standard InChI is InChI=1S/C28H34N8O/c1-6-21-16-36(25-13-27(37)33(5)26-17-34(11-10-29)32-28(25)26)22(7-2)15-35(21)19(4)20-8-9-23-24(12-20)31-18(3)14-30-23/h8-9,12-14,17,19,21-22H,6-7,11,15-16H2,1-5H3/t19?,21-,22+/m1/s1. The van der Waals surface area contributed by atoms with Crippen molar-refractivity contribution in [2.75, 3.05) is 18.0 Å². The van der Waals surface area contributed by atoms with Crippen LogP contribution in [0, 0.1) is 18.3 Å². The number of benzene rings is 1. The smallest absolute Gasteiger partial charge is 0.252 e. The summed E-state index contributed by atoms with van der Waals surface area (Å²) in [6.07, 6.45) is 5.53. The van der Waals surface area contributed by atoms with Gasteiger partial charge in [0.05, 0.1) is 40.2 Å². The summed E-state index contributed by atoms with van der Waals surface area (Å²) >= 11 is 0. The van der Waals surface area contributed by atoms with Crippen LogP contribution in [0.4, 0.5) is 5.69 Å². The van der Waals surface area contributed by atoms with Crippen molar-refractivity contribution >= 4 is 27.8 Å². The molecule has 1 aliphatic heterocycles. The maximum absolute atomic E-state index is 12.9. The van der Waals surface area contributed by atoms with E-state index in [4.69, 9.17) is 10.1 Å². The number of pyridine rings is 1. The minimum Gasteiger partial charge on any atom is -0.364 e. The van der Waals surface area contributed by atoms with Crippen molar-refractivity contribution in [2.45, 2.75) is 65.2 Å². The number of fused-ring (bicyclic) bond motifs is 2. The summed E-state index contributed by atoms with van der Waals surface area (Å²) in [4.78, 5) is 27.1. The van der Waals surface area contributed by atoms with E-state index < -0.39 is 0 Å². The van der Waals surface area contributed by atoms with E-state index >= 15 is 0 Å². The van der Waals surface area contributed by atoms with Crippen LogP contribution < -0.4 is 10.5 Å². The highest BCUT2D eigenvalue weighted by atomic mass is 16.1. The average molecular weight is 499 g/mol. The summed E-state index contributed by atoms with van der Waals surface area (Å²) in [7, 11) is 1.76. The van der Waals surface area contributed by atoms with E-state index in [1.807, 2.05) is 6.92 Å². The van der Waals surface area contributed by atoms with Gasteiger partial charge in [-0.05, 0) is 44.4 Å². The third-order valence-electron chi connectivity index (χ3n) is 7.83. The number of piperazine rings is 1. The first-order chi connectivity index (χ1) is 17.8. The molecule has 0 bridgehead atoms. The van der Waals surface area contributed by atoms with Gasteiger partial charge in [0.15, 0.2) is 0 Å². The van der Waals surface area contributed by atoms with Crippen LogP contribution in [0.5, 0.6) is 0 Å². The number of rotatable bonds is 6. The van der Waals surface area contributed by atoms with Gasteiger partial charge in [0, 0.05) is 50.5 Å². The predicted octanol–water partition coefficient (Wildman–Crippen LogP) is 3.95. The molecule has 1 fully saturated rings. The second-order valence-electron chi connectivity index (χ2n) is 10.1. The van der Waals surface area contributed by atoms with Gasteiger partial charge in [-0.15, -0.1) is 0 Å². The molecule has 4 heterocycles. The van der Waals surface area contributed by atoms with Crippen molar-refractivity contribution in [1.29, 1.82) is 5.26 Å². The highest BCUT2D eigenvalue weighted by molar-refractivity contribution is 5.88. The largest absolute Gasteiger partial charge is 0.364 e. The van der Waals surface area contributed by atoms with Crippen LogP contribution in [0.15, 0.2) is 41.5 Å². The monoisotopic (exact) mass is 498 g/mol. The summed E-state index contributed by atoms with van der Waals surface area (Å²) < 4.78 is 3.23. The van der Waals surface area contributed by atoms with E-state index in [-0.39, 0.29) is 24.2 Å². The van der Waals surface area contributed by atoms with Crippen molar-refractivity contribution in [3.63, 3.8) is 0 Å². The molecule has 1 aliphatic rings. The fourth-order valence-corrected chi connectivity index (χ4v) is 5.64. The van der Waals surface area contributed by atoms with Crippen molar-refractivity contribution in [1.82, 2.24) is 29.2 Å². The molecule has 0 radical (unpaired) electrons. The summed E-state index contributed by atoms with van der Waals surface area (Å²) in [5, 5.41) is 13.9. The molecule has 9 heteroatoms. The number of anilines is 1. The molecule has 9 nitrogen and oxygen atoms in total. The van der Waals surface area contributed by atoms with Crippen LogP contribution in [0.1, 0.15) is 50.9 Å². The third-order valence-corrected chi connectivity index (χ3v) is 7.83. The lowest BCUT2D eigenvalue weighted by molar-refractivity contribution is 0.101. The van der Waals surface area contributed by atoms with E-state index in [0.29, 0.717) is 6.04 Å². The minimum absolute atomic E-state index is 0.0646. The Morgan fingerprint density at radius 1 is 1.14 bits per heavy atom. The molecule has 0 N–H and O–H groups in total. The molecule has 0 amide bonds. The van der Waals surface area contributed by atoms with Gasteiger partial charge in [0.1, 0.15) is 12.1 Å². The van der Waals surface area contributed by atoms with Crippen molar-refractivity contribution in [2.24, 2.45) is 7.05 Å². The number of hydrogen-bond donors (Lipinski definition) is 0. The summed E-state index contributed by atoms with van der Waals surface area (Å²) in [5.74, 6) is 0. The Bertz CT molecular complexity index is 1550. The van der Waals surface area contributed by atoms with E-state index in [0.717, 1.165) is 59.4 Å². The van der Waals surface area contributed by atoms with Gasteiger partial charge >= 0.3 is 0 Å². The zero-order valence-electron chi connectivity index (χ0n) is 22.2. The van der Waals surface area contributed by atoms with Gasteiger partial charge in [-0.3, -0.25) is 19.4 Å². The van der Waals surface area contributed by atoms with Crippen molar-refractivity contribution in [3.8, 4) is 6.07 Å². The maximum atomic E-state index is 12.9. The summed E-state index contributed by atoms with van der Waals surface area (Å²) in [5.41, 5.74) is 6.32. The molecule has 0 aliphatic carbocycles. The topological polar surface area (TPSA) is 95.9 Å². The van der Waals surface area contributed by atoms with Gasteiger partial charge in [0.2, 0.25) is 0 Å². The molecule has 37 heavy (non-hydrogen) atoms. The number of nitriles is 1. The van der Waals surface area contributed by atoms with Gasteiger partial charge in [0.25, 0.3) is 5.56 Å². The van der Waals surface area contributed by atoms with Gasteiger partial charge in [-0.2, -0.15) is 10.4 Å². The molecule has 3 atom stereocenters. The highest BCUT2D eigenvalue weighted by Gasteiger charge is 2.36. The van der Waals surface area contributed by atoms with Crippen molar-refractivity contribution < 1.29 is 0 Å². The molecular weight excluding hydrogens is 464 g/mol. The number of hydrogen-bond acceptors (Lipinski definition) is 7. The Morgan fingerprint density at radius 3 is 2.65 bits per heavy atom. The maximum Gasteiger partial charge on any atom is 0.252 e. The van der Waals surface area contributed by atoms with Crippen LogP contribution in [-0.4, -0.2) is 54.4 Å². The Hall–Kier alpha value is -3.77. The molecule has 192 valence electrons. The molecule has 3 aromatic heterocycles. The van der Waals surface area contributed by atoms with Gasteiger partial charge in [-0.25, -0.2) is 4.98 Å². The SMILES string of the molecule is CC[C@H]1CN(C(C)c2ccc3ncc(C)nc3c2)[C@H](CC)CN1c1cc(=O)n(C)c2cn(CC#N)nc12. The Morgan fingerprint density at radius 2 is 1.92 bits per heavy atom. The first kappa shape index (κ1) is 24.9. The Kier molecular flexibility index (Phi) is 6.69. The van der Waals surface area contributed by atoms with Crippen LogP contribution >= 0.6 is 0 Å². The minimum atomic E-state index is -0.0646. The molecule has 0 spiro atoms. The third kappa shape index (κ3) is 4.46. The first-order valence-corrected chi connectivity index (χ1v) is 13.0. The normalized spacial score (nSPS) is 19.4. The summed E-state index contributed by atoms with van der Waals surface area (Å²) in [6.45, 7) is 10.5. The van der Waals surface area contributed by atoms with E-state index in [1.54, 1.807) is 34.8 Å². The van der Waals surface area contributed by atoms with Crippen molar-refractivity contribution in [3.05, 3.63) is 58.3 Å². The zero-order chi connectivity index (χ0) is 26.3. The first-order valence-electron chi connectivity index (χ1n) is 13.0.